The first-order valence-electron chi connectivity index (χ1n) is 10.7. The van der Waals surface area contributed by atoms with E-state index in [9.17, 15) is 13.5 Å². The molecule has 1 atom stereocenters. The van der Waals surface area contributed by atoms with E-state index in [-0.39, 0.29) is 9.92 Å². The van der Waals surface area contributed by atoms with Gasteiger partial charge in [0.1, 0.15) is 17.3 Å². The molecule has 2 heterocycles. The number of nitrogens with one attached hydrogen (secondary N) is 1. The standard InChI is InChI=1S/C21H30ClN3O5S2/c1-3-21(26,4-2)14-16-15-31-20(23-16)24-32(27,28)17-5-6-19(18(22)13-17)30-12-9-25-7-10-29-11-8-25/h5-6,13,15,26H,3-4,7-12,14H2,1-2H3,(H,23,24,27,28)/p+1. The summed E-state index contributed by atoms with van der Waals surface area (Å²) in [4.78, 5) is 6.75. The molecule has 178 valence electrons. The number of halogens is 1. The maximum absolute atomic E-state index is 12.9. The van der Waals surface area contributed by atoms with Crippen molar-refractivity contribution in [3.05, 3.63) is 34.3 Å². The van der Waals surface area contributed by atoms with Crippen LogP contribution in [-0.4, -0.2) is 68.5 Å². The first-order valence-corrected chi connectivity index (χ1v) is 13.5. The molecular weight excluding hydrogens is 474 g/mol. The quantitative estimate of drug-likeness (QED) is 0.453. The molecule has 1 aliphatic rings. The summed E-state index contributed by atoms with van der Waals surface area (Å²) < 4.78 is 37.1. The Morgan fingerprint density at radius 2 is 2.09 bits per heavy atom. The van der Waals surface area contributed by atoms with E-state index in [1.807, 2.05) is 13.8 Å². The molecule has 3 rings (SSSR count). The lowest BCUT2D eigenvalue weighted by Gasteiger charge is -2.26. The molecule has 1 aromatic carbocycles. The third kappa shape index (κ3) is 6.79. The molecule has 0 radical (unpaired) electrons. The lowest BCUT2D eigenvalue weighted by Crippen LogP contribution is -2.38. The summed E-state index contributed by atoms with van der Waals surface area (Å²) in [6.07, 6.45) is 1.62. The van der Waals surface area contributed by atoms with Gasteiger partial charge in [-0.1, -0.05) is 25.4 Å². The molecule has 1 fully saturated rings. The maximum Gasteiger partial charge on any atom is 0.398 e. The Balaban J connectivity index is 1.60. The van der Waals surface area contributed by atoms with Gasteiger partial charge in [-0.2, -0.15) is 4.21 Å². The van der Waals surface area contributed by atoms with Crippen LogP contribution in [0, 0.1) is 0 Å². The fraction of sp³-hybridized carbons (Fsp3) is 0.571. The second-order valence-corrected chi connectivity index (χ2v) is 10.8. The van der Waals surface area contributed by atoms with Gasteiger partial charge in [-0.15, -0.1) is 11.3 Å². The van der Waals surface area contributed by atoms with Crippen LogP contribution in [0.15, 0.2) is 28.5 Å². The van der Waals surface area contributed by atoms with Gasteiger partial charge >= 0.3 is 10.0 Å². The van der Waals surface area contributed by atoms with E-state index in [0.717, 1.165) is 32.8 Å². The SMILES string of the molecule is CCC(O)(CC)Cc1csc(NS(=O)(=[OH+])c2ccc(OCCN3CCOCC3)c(Cl)c2)n1. The summed E-state index contributed by atoms with van der Waals surface area (Å²) in [6.45, 7) is 8.29. The molecule has 0 aliphatic carbocycles. The van der Waals surface area contributed by atoms with Gasteiger partial charge in [0, 0.05) is 31.4 Å². The van der Waals surface area contributed by atoms with E-state index in [1.54, 1.807) is 11.4 Å². The molecule has 0 saturated carbocycles. The molecule has 1 aliphatic heterocycles. The van der Waals surface area contributed by atoms with Gasteiger partial charge in [0.15, 0.2) is 0 Å². The highest BCUT2D eigenvalue weighted by Crippen LogP contribution is 2.29. The predicted octanol–water partition coefficient (Wildman–Crippen LogP) is 3.56. The monoisotopic (exact) mass is 504 g/mol. The second-order valence-electron chi connectivity index (χ2n) is 7.77. The maximum atomic E-state index is 12.9. The zero-order valence-electron chi connectivity index (χ0n) is 18.4. The average Bonchev–Trinajstić information content (AvgIpc) is 3.21. The van der Waals surface area contributed by atoms with Crippen molar-refractivity contribution < 1.29 is 23.0 Å². The van der Waals surface area contributed by atoms with Crippen molar-refractivity contribution in [1.29, 1.82) is 0 Å². The Kier molecular flexibility index (Phi) is 8.76. The van der Waals surface area contributed by atoms with Gasteiger partial charge in [0.2, 0.25) is 5.13 Å². The first-order chi connectivity index (χ1) is 15.2. The number of nitrogens with zero attached hydrogens (tertiary/aromatic N) is 2. The topological polar surface area (TPSA) is 105 Å². The van der Waals surface area contributed by atoms with Crippen molar-refractivity contribution in [3.8, 4) is 5.75 Å². The lowest BCUT2D eigenvalue weighted by molar-refractivity contribution is 0.0318. The van der Waals surface area contributed by atoms with Crippen LogP contribution < -0.4 is 9.46 Å². The van der Waals surface area contributed by atoms with Crippen molar-refractivity contribution in [2.24, 2.45) is 0 Å². The van der Waals surface area contributed by atoms with Gasteiger partial charge in [-0.3, -0.25) is 4.90 Å². The number of aromatic nitrogens is 1. The molecule has 1 saturated heterocycles. The minimum Gasteiger partial charge on any atom is -0.491 e. The number of thiazole rings is 1. The summed E-state index contributed by atoms with van der Waals surface area (Å²) in [7, 11) is -3.61. The van der Waals surface area contributed by atoms with Gasteiger partial charge in [0.05, 0.1) is 29.5 Å². The Morgan fingerprint density at radius 1 is 1.38 bits per heavy atom. The first kappa shape index (κ1) is 25.2. The Morgan fingerprint density at radius 3 is 2.75 bits per heavy atom. The molecule has 32 heavy (non-hydrogen) atoms. The van der Waals surface area contributed by atoms with Crippen LogP contribution >= 0.6 is 22.9 Å². The number of hydrogen-bond donors (Lipinski definition) is 2. The molecular formula is C21H31ClN3O5S2+. The Bertz CT molecular complexity index is 989. The van der Waals surface area contributed by atoms with Crippen molar-refractivity contribution in [1.82, 2.24) is 9.88 Å². The van der Waals surface area contributed by atoms with Crippen LogP contribution in [0.2, 0.25) is 5.02 Å². The van der Waals surface area contributed by atoms with Crippen LogP contribution in [0.4, 0.5) is 5.13 Å². The van der Waals surface area contributed by atoms with Crippen molar-refractivity contribution in [3.63, 3.8) is 0 Å². The summed E-state index contributed by atoms with van der Waals surface area (Å²) in [5.74, 6) is 0.467. The van der Waals surface area contributed by atoms with Crippen LogP contribution in [-0.2, 0) is 21.2 Å². The van der Waals surface area contributed by atoms with E-state index in [4.69, 9.17) is 21.1 Å². The molecule has 2 aromatic rings. The van der Waals surface area contributed by atoms with Crippen LogP contribution in [0.3, 0.4) is 0 Å². The molecule has 8 nitrogen and oxygen atoms in total. The number of morpholine rings is 1. The Labute approximate surface area is 198 Å². The minimum atomic E-state index is -3.61. The van der Waals surface area contributed by atoms with Crippen LogP contribution in [0.5, 0.6) is 5.75 Å². The molecule has 0 amide bonds. The fourth-order valence-electron chi connectivity index (χ4n) is 3.33. The predicted molar refractivity (Wildman–Crippen MR) is 128 cm³/mol. The Hall–Kier alpha value is -1.43. The minimum absolute atomic E-state index is 0.137. The number of benzene rings is 1. The highest BCUT2D eigenvalue weighted by molar-refractivity contribution is 7.93. The molecule has 0 bridgehead atoms. The highest BCUT2D eigenvalue weighted by Gasteiger charge is 2.26. The molecule has 1 aromatic heterocycles. The van der Waals surface area contributed by atoms with Crippen molar-refractivity contribution >= 4 is 38.1 Å². The van der Waals surface area contributed by atoms with Gasteiger partial charge in [-0.25, -0.2) is 13.9 Å². The van der Waals surface area contributed by atoms with E-state index in [2.05, 4.69) is 14.6 Å². The third-order valence-electron chi connectivity index (χ3n) is 5.60. The summed E-state index contributed by atoms with van der Waals surface area (Å²) in [5.41, 5.74) is -0.141. The van der Waals surface area contributed by atoms with E-state index in [0.29, 0.717) is 42.4 Å². The van der Waals surface area contributed by atoms with E-state index in [1.165, 1.54) is 23.5 Å². The molecule has 0 spiro atoms. The summed E-state index contributed by atoms with van der Waals surface area (Å²) in [5, 5.41) is 12.9. The number of ether oxygens (including phenoxy) is 2. The molecule has 1 unspecified atom stereocenters. The third-order valence-corrected chi connectivity index (χ3v) is 8.19. The number of hydrogen-bond acceptors (Lipinski definition) is 7. The van der Waals surface area contributed by atoms with Gasteiger partial charge in [-0.05, 0) is 31.0 Å². The zero-order valence-corrected chi connectivity index (χ0v) is 20.8. The van der Waals surface area contributed by atoms with Crippen molar-refractivity contribution in [2.75, 3.05) is 44.2 Å². The smallest absolute Gasteiger partial charge is 0.398 e. The fourth-order valence-corrected chi connectivity index (χ4v) is 5.64. The second kappa shape index (κ2) is 11.1. The van der Waals surface area contributed by atoms with Crippen molar-refractivity contribution in [2.45, 2.75) is 43.6 Å². The number of aliphatic hydroxyl groups is 1. The largest absolute Gasteiger partial charge is 0.491 e. The molecule has 3 N–H and O–H groups in total. The summed E-state index contributed by atoms with van der Waals surface area (Å²) in [6, 6.07) is 4.56. The van der Waals surface area contributed by atoms with Crippen LogP contribution in [0.25, 0.3) is 0 Å². The van der Waals surface area contributed by atoms with Gasteiger partial charge in [0.25, 0.3) is 0 Å². The van der Waals surface area contributed by atoms with Gasteiger partial charge < -0.3 is 14.6 Å². The van der Waals surface area contributed by atoms with E-state index >= 15 is 0 Å². The summed E-state index contributed by atoms with van der Waals surface area (Å²) >= 11 is 7.53. The normalized spacial score (nSPS) is 17.1. The zero-order chi connectivity index (χ0) is 23.2. The lowest BCUT2D eigenvalue weighted by atomic mass is 9.92. The highest BCUT2D eigenvalue weighted by atomic mass is 35.5. The van der Waals surface area contributed by atoms with Crippen LogP contribution in [0.1, 0.15) is 32.4 Å². The number of rotatable bonds is 11. The molecule has 11 heteroatoms. The number of anilines is 1. The average molecular weight is 505 g/mol. The van der Waals surface area contributed by atoms with E-state index < -0.39 is 15.6 Å².